The largest absolute Gasteiger partial charge is 0.495 e. The number of carbonyl (C=O) groups is 1. The maximum atomic E-state index is 12.0. The van der Waals surface area contributed by atoms with E-state index in [1.165, 1.54) is 31.4 Å². The molecule has 0 fully saturated rings. The number of benzene rings is 2. The van der Waals surface area contributed by atoms with E-state index < -0.39 is 9.05 Å². The standard InChI is InChI=1S/C16H13ClO4S/c1-21-15-10-8-12(11-16(15)22(17,19)20)7-9-14(18)13-5-3-2-4-6-13/h2-11H,1H3. The molecule has 0 aliphatic heterocycles. The number of rotatable bonds is 5. The summed E-state index contributed by atoms with van der Waals surface area (Å²) in [5.41, 5.74) is 1.08. The van der Waals surface area contributed by atoms with Crippen LogP contribution >= 0.6 is 10.7 Å². The van der Waals surface area contributed by atoms with Crippen LogP contribution in [0.4, 0.5) is 0 Å². The van der Waals surface area contributed by atoms with E-state index in [1.54, 1.807) is 30.3 Å². The molecule has 0 heterocycles. The summed E-state index contributed by atoms with van der Waals surface area (Å²) in [7, 11) is 2.80. The highest BCUT2D eigenvalue weighted by Gasteiger charge is 2.16. The molecular formula is C16H13ClO4S. The summed E-state index contributed by atoms with van der Waals surface area (Å²) in [4.78, 5) is 11.8. The van der Waals surface area contributed by atoms with E-state index in [1.807, 2.05) is 6.07 Å². The van der Waals surface area contributed by atoms with E-state index in [2.05, 4.69) is 0 Å². The van der Waals surface area contributed by atoms with Crippen molar-refractivity contribution in [2.24, 2.45) is 0 Å². The molecule has 4 nitrogen and oxygen atoms in total. The van der Waals surface area contributed by atoms with Crippen LogP contribution in [0.5, 0.6) is 5.75 Å². The highest BCUT2D eigenvalue weighted by atomic mass is 35.7. The summed E-state index contributed by atoms with van der Waals surface area (Å²) in [5, 5.41) is 0. The molecule has 0 saturated heterocycles. The third-order valence-electron chi connectivity index (χ3n) is 2.94. The van der Waals surface area contributed by atoms with Crippen LogP contribution in [-0.2, 0) is 9.05 Å². The molecule has 0 aromatic heterocycles. The molecule has 0 atom stereocenters. The summed E-state index contributed by atoms with van der Waals surface area (Å²) >= 11 is 0. The van der Waals surface area contributed by atoms with Gasteiger partial charge < -0.3 is 4.74 Å². The highest BCUT2D eigenvalue weighted by Crippen LogP contribution is 2.28. The maximum absolute atomic E-state index is 12.0. The van der Waals surface area contributed by atoms with E-state index in [4.69, 9.17) is 15.4 Å². The van der Waals surface area contributed by atoms with Crippen molar-refractivity contribution >= 4 is 31.6 Å². The molecule has 0 amide bonds. The zero-order valence-corrected chi connectivity index (χ0v) is 13.3. The Kier molecular flexibility index (Phi) is 5.00. The first-order chi connectivity index (χ1) is 10.4. The Morgan fingerprint density at radius 1 is 1.14 bits per heavy atom. The molecule has 0 spiro atoms. The van der Waals surface area contributed by atoms with Crippen LogP contribution in [0.1, 0.15) is 15.9 Å². The van der Waals surface area contributed by atoms with Gasteiger partial charge in [-0.2, -0.15) is 0 Å². The fourth-order valence-electron chi connectivity index (χ4n) is 1.86. The van der Waals surface area contributed by atoms with Crippen LogP contribution in [-0.4, -0.2) is 21.3 Å². The lowest BCUT2D eigenvalue weighted by atomic mass is 10.1. The predicted molar refractivity (Wildman–Crippen MR) is 85.8 cm³/mol. The van der Waals surface area contributed by atoms with E-state index in [0.29, 0.717) is 11.1 Å². The maximum Gasteiger partial charge on any atom is 0.265 e. The lowest BCUT2D eigenvalue weighted by Gasteiger charge is -2.06. The minimum Gasteiger partial charge on any atom is -0.495 e. The number of ether oxygens (including phenoxy) is 1. The number of ketones is 1. The van der Waals surface area contributed by atoms with Gasteiger partial charge in [-0.15, -0.1) is 0 Å². The van der Waals surface area contributed by atoms with Gasteiger partial charge in [0.15, 0.2) is 5.78 Å². The summed E-state index contributed by atoms with van der Waals surface area (Å²) < 4.78 is 28.0. The van der Waals surface area contributed by atoms with E-state index in [0.717, 1.165) is 0 Å². The minimum atomic E-state index is -3.93. The number of hydrogen-bond donors (Lipinski definition) is 0. The monoisotopic (exact) mass is 336 g/mol. The summed E-state index contributed by atoms with van der Waals surface area (Å²) in [6.07, 6.45) is 2.90. The molecule has 2 aromatic rings. The molecule has 2 rings (SSSR count). The van der Waals surface area contributed by atoms with Crippen LogP contribution in [0.25, 0.3) is 6.08 Å². The SMILES string of the molecule is COc1ccc(C=CC(=O)c2ccccc2)cc1S(=O)(=O)Cl. The Labute approximate surface area is 133 Å². The topological polar surface area (TPSA) is 60.4 Å². The average Bonchev–Trinajstić information content (AvgIpc) is 2.52. The van der Waals surface area contributed by atoms with E-state index in [-0.39, 0.29) is 16.4 Å². The second-order valence-corrected chi connectivity index (χ2v) is 6.95. The van der Waals surface area contributed by atoms with Crippen LogP contribution in [0.2, 0.25) is 0 Å². The van der Waals surface area contributed by atoms with Gasteiger partial charge in [-0.25, -0.2) is 8.42 Å². The average molecular weight is 337 g/mol. The molecule has 0 unspecified atom stereocenters. The van der Waals surface area contributed by atoms with Gasteiger partial charge >= 0.3 is 0 Å². The number of methoxy groups -OCH3 is 1. The van der Waals surface area contributed by atoms with Gasteiger partial charge in [0.25, 0.3) is 9.05 Å². The van der Waals surface area contributed by atoms with Gasteiger partial charge in [0.1, 0.15) is 10.6 Å². The van der Waals surface area contributed by atoms with Crippen molar-refractivity contribution < 1.29 is 17.9 Å². The molecule has 0 N–H and O–H groups in total. The number of allylic oxidation sites excluding steroid dienone is 1. The lowest BCUT2D eigenvalue weighted by molar-refractivity contribution is 0.104. The Morgan fingerprint density at radius 2 is 1.82 bits per heavy atom. The number of halogens is 1. The Morgan fingerprint density at radius 3 is 2.41 bits per heavy atom. The number of carbonyl (C=O) groups excluding carboxylic acids is 1. The molecule has 6 heteroatoms. The summed E-state index contributed by atoms with van der Waals surface area (Å²) in [6, 6.07) is 13.3. The van der Waals surface area contributed by atoms with Crippen LogP contribution < -0.4 is 4.74 Å². The van der Waals surface area contributed by atoms with Crippen molar-refractivity contribution in [1.82, 2.24) is 0 Å². The van der Waals surface area contributed by atoms with Crippen molar-refractivity contribution in [1.29, 1.82) is 0 Å². The van der Waals surface area contributed by atoms with Gasteiger partial charge in [0.05, 0.1) is 7.11 Å². The fourth-order valence-corrected chi connectivity index (χ4v) is 2.89. The van der Waals surface area contributed by atoms with Crippen LogP contribution in [0.3, 0.4) is 0 Å². The van der Waals surface area contributed by atoms with Crippen molar-refractivity contribution in [3.63, 3.8) is 0 Å². The molecule has 2 aromatic carbocycles. The molecule has 22 heavy (non-hydrogen) atoms. The van der Waals surface area contributed by atoms with Gasteiger partial charge in [-0.3, -0.25) is 4.79 Å². The van der Waals surface area contributed by atoms with Gasteiger partial charge in [0, 0.05) is 16.2 Å². The third kappa shape index (κ3) is 3.96. The smallest absolute Gasteiger partial charge is 0.265 e. The van der Waals surface area contributed by atoms with Crippen LogP contribution in [0.15, 0.2) is 59.5 Å². The van der Waals surface area contributed by atoms with Crippen molar-refractivity contribution in [2.45, 2.75) is 4.90 Å². The second-order valence-electron chi connectivity index (χ2n) is 4.41. The first-order valence-electron chi connectivity index (χ1n) is 6.32. The Bertz CT molecular complexity index is 811. The van der Waals surface area contributed by atoms with E-state index in [9.17, 15) is 13.2 Å². The zero-order chi connectivity index (χ0) is 16.2. The second kappa shape index (κ2) is 6.77. The minimum absolute atomic E-state index is 0.133. The van der Waals surface area contributed by atoms with Crippen LogP contribution in [0, 0.1) is 0 Å². The molecule has 114 valence electrons. The fraction of sp³-hybridized carbons (Fsp3) is 0.0625. The molecule has 0 radical (unpaired) electrons. The third-order valence-corrected chi connectivity index (χ3v) is 4.28. The highest BCUT2D eigenvalue weighted by molar-refractivity contribution is 8.13. The van der Waals surface area contributed by atoms with Gasteiger partial charge in [0.2, 0.25) is 0 Å². The molecular weight excluding hydrogens is 324 g/mol. The molecule has 0 bridgehead atoms. The van der Waals surface area contributed by atoms with Gasteiger partial charge in [-0.05, 0) is 23.8 Å². The quantitative estimate of drug-likeness (QED) is 0.476. The molecule has 0 aliphatic rings. The van der Waals surface area contributed by atoms with Crippen molar-refractivity contribution in [3.05, 3.63) is 65.7 Å². The molecule has 0 saturated carbocycles. The van der Waals surface area contributed by atoms with Gasteiger partial charge in [-0.1, -0.05) is 42.5 Å². The summed E-state index contributed by atoms with van der Waals surface area (Å²) in [5.74, 6) is -0.0202. The normalized spacial score (nSPS) is 11.5. The number of hydrogen-bond acceptors (Lipinski definition) is 4. The first kappa shape index (κ1) is 16.3. The Balaban J connectivity index is 2.31. The molecule has 0 aliphatic carbocycles. The Hall–Kier alpha value is -2.11. The predicted octanol–water partition coefficient (Wildman–Crippen LogP) is 3.52. The summed E-state index contributed by atoms with van der Waals surface area (Å²) in [6.45, 7) is 0. The van der Waals surface area contributed by atoms with Crippen molar-refractivity contribution in [2.75, 3.05) is 7.11 Å². The van der Waals surface area contributed by atoms with Crippen molar-refractivity contribution in [3.8, 4) is 5.75 Å². The first-order valence-corrected chi connectivity index (χ1v) is 8.63. The lowest BCUT2D eigenvalue weighted by Crippen LogP contribution is -1.97. The van der Waals surface area contributed by atoms with E-state index >= 15 is 0 Å². The zero-order valence-electron chi connectivity index (χ0n) is 11.7.